The lowest BCUT2D eigenvalue weighted by molar-refractivity contribution is 0.169. The van der Waals surface area contributed by atoms with Crippen LogP contribution in [-0.2, 0) is 0 Å². The van der Waals surface area contributed by atoms with Gasteiger partial charge in [0.25, 0.3) is 0 Å². The van der Waals surface area contributed by atoms with E-state index in [4.69, 9.17) is 5.26 Å². The van der Waals surface area contributed by atoms with Crippen molar-refractivity contribution in [2.75, 3.05) is 11.9 Å². The Bertz CT molecular complexity index is 383. The number of aliphatic hydroxyl groups excluding tert-OH is 1. The molecule has 0 amide bonds. The Morgan fingerprint density at radius 2 is 2.24 bits per heavy atom. The Labute approximate surface area is 103 Å². The van der Waals surface area contributed by atoms with E-state index in [1.807, 2.05) is 37.9 Å². The smallest absolute Gasteiger partial charge is 0.0957 e. The van der Waals surface area contributed by atoms with Gasteiger partial charge in [0.2, 0.25) is 0 Å². The number of aromatic nitrogens is 1. The Hall–Kier alpha value is -1.60. The third-order valence-corrected chi connectivity index (χ3v) is 2.95. The van der Waals surface area contributed by atoms with Gasteiger partial charge in [0.05, 0.1) is 36.2 Å². The highest BCUT2D eigenvalue weighted by atomic mass is 16.3. The summed E-state index contributed by atoms with van der Waals surface area (Å²) in [5.41, 5.74) is 1.65. The summed E-state index contributed by atoms with van der Waals surface area (Å²) in [6.07, 6.45) is 2.39. The van der Waals surface area contributed by atoms with E-state index in [9.17, 15) is 5.11 Å². The Balaban J connectivity index is 2.77. The maximum atomic E-state index is 9.63. The van der Waals surface area contributed by atoms with Gasteiger partial charge in [0, 0.05) is 13.1 Å². The molecule has 4 heteroatoms. The van der Waals surface area contributed by atoms with Crippen molar-refractivity contribution in [1.29, 1.82) is 5.26 Å². The first-order valence-corrected chi connectivity index (χ1v) is 5.84. The van der Waals surface area contributed by atoms with Crippen molar-refractivity contribution in [2.24, 2.45) is 0 Å². The van der Waals surface area contributed by atoms with Crippen LogP contribution in [0.1, 0.15) is 38.5 Å². The summed E-state index contributed by atoms with van der Waals surface area (Å²) >= 11 is 0. The van der Waals surface area contributed by atoms with Crippen molar-refractivity contribution in [1.82, 2.24) is 4.98 Å². The Morgan fingerprint density at radius 1 is 1.53 bits per heavy atom. The number of hydrogen-bond acceptors (Lipinski definition) is 4. The monoisotopic (exact) mass is 233 g/mol. The highest BCUT2D eigenvalue weighted by Crippen LogP contribution is 2.19. The van der Waals surface area contributed by atoms with Gasteiger partial charge in [-0.2, -0.15) is 5.26 Å². The first-order valence-electron chi connectivity index (χ1n) is 5.84. The van der Waals surface area contributed by atoms with Gasteiger partial charge in [-0.15, -0.1) is 0 Å². The predicted molar refractivity (Wildman–Crippen MR) is 67.6 cm³/mol. The highest BCUT2D eigenvalue weighted by molar-refractivity contribution is 5.45. The van der Waals surface area contributed by atoms with Gasteiger partial charge < -0.3 is 10.0 Å². The van der Waals surface area contributed by atoms with Gasteiger partial charge >= 0.3 is 0 Å². The third kappa shape index (κ3) is 3.43. The minimum atomic E-state index is -0.495. The molecule has 92 valence electrons. The summed E-state index contributed by atoms with van der Waals surface area (Å²) in [6.45, 7) is 3.92. The number of hydrogen-bond donors (Lipinski definition) is 1. The molecule has 4 nitrogen and oxygen atoms in total. The summed E-state index contributed by atoms with van der Waals surface area (Å²) in [4.78, 5) is 6.25. The third-order valence-electron chi connectivity index (χ3n) is 2.95. The minimum absolute atomic E-state index is 0.156. The molecule has 0 bridgehead atoms. The van der Waals surface area contributed by atoms with E-state index in [2.05, 4.69) is 11.1 Å². The van der Waals surface area contributed by atoms with Crippen molar-refractivity contribution in [3.05, 3.63) is 24.0 Å². The number of rotatable bonds is 5. The van der Waals surface area contributed by atoms with Gasteiger partial charge in [-0.25, -0.2) is 0 Å². The highest BCUT2D eigenvalue weighted by Gasteiger charge is 2.11. The van der Waals surface area contributed by atoms with Gasteiger partial charge in [-0.05, 0) is 25.5 Å². The van der Waals surface area contributed by atoms with Crippen LogP contribution in [0, 0.1) is 11.3 Å². The summed E-state index contributed by atoms with van der Waals surface area (Å²) in [7, 11) is 1.94. The van der Waals surface area contributed by atoms with Crippen molar-refractivity contribution in [3.8, 4) is 6.07 Å². The zero-order valence-corrected chi connectivity index (χ0v) is 10.6. The average Bonchev–Trinajstić information content (AvgIpc) is 2.37. The number of nitrogens with zero attached hydrogens (tertiary/aromatic N) is 3. The minimum Gasteiger partial charge on any atom is -0.387 e. The van der Waals surface area contributed by atoms with Crippen LogP contribution in [0.4, 0.5) is 5.69 Å². The lowest BCUT2D eigenvalue weighted by atomic mass is 10.1. The molecule has 1 N–H and O–H groups in total. The molecule has 0 aliphatic carbocycles. The molecule has 0 saturated carbocycles. The number of pyridine rings is 1. The molecule has 0 aliphatic rings. The molecular formula is C13H19N3O. The van der Waals surface area contributed by atoms with Gasteiger partial charge in [0.15, 0.2) is 0 Å². The molecule has 0 aliphatic heterocycles. The summed E-state index contributed by atoms with van der Waals surface area (Å²) in [5, 5.41) is 18.3. The molecule has 1 heterocycles. The van der Waals surface area contributed by atoms with Crippen LogP contribution in [0.3, 0.4) is 0 Å². The van der Waals surface area contributed by atoms with E-state index in [1.54, 1.807) is 6.20 Å². The summed E-state index contributed by atoms with van der Waals surface area (Å²) < 4.78 is 0. The van der Waals surface area contributed by atoms with E-state index in [-0.39, 0.29) is 6.04 Å². The van der Waals surface area contributed by atoms with Gasteiger partial charge in [0.1, 0.15) is 0 Å². The second-order valence-electron chi connectivity index (χ2n) is 4.19. The number of nitriles is 1. The standard InChI is InChI=1S/C13H19N3O/c1-4-13(17)12-6-5-11(9-15-12)16(3)10(2)7-8-14/h5-6,9-10,13,17H,4,7H2,1-3H3. The molecule has 0 spiro atoms. The van der Waals surface area contributed by atoms with E-state index < -0.39 is 6.10 Å². The maximum Gasteiger partial charge on any atom is 0.0957 e. The van der Waals surface area contributed by atoms with E-state index in [0.717, 1.165) is 5.69 Å². The van der Waals surface area contributed by atoms with E-state index in [1.165, 1.54) is 0 Å². The van der Waals surface area contributed by atoms with E-state index >= 15 is 0 Å². The van der Waals surface area contributed by atoms with Crippen LogP contribution in [0.25, 0.3) is 0 Å². The molecule has 2 atom stereocenters. The molecule has 1 rings (SSSR count). The molecule has 0 aromatic carbocycles. The predicted octanol–water partition coefficient (Wildman–Crippen LogP) is 2.26. The zero-order chi connectivity index (χ0) is 12.8. The number of aliphatic hydroxyl groups is 1. The van der Waals surface area contributed by atoms with Gasteiger partial charge in [-0.3, -0.25) is 4.98 Å². The van der Waals surface area contributed by atoms with Crippen molar-refractivity contribution in [2.45, 2.75) is 38.8 Å². The van der Waals surface area contributed by atoms with Crippen LogP contribution >= 0.6 is 0 Å². The molecule has 2 unspecified atom stereocenters. The molecule has 1 aromatic heterocycles. The second-order valence-corrected chi connectivity index (χ2v) is 4.19. The summed E-state index contributed by atoms with van der Waals surface area (Å²) in [6, 6.07) is 6.07. The maximum absolute atomic E-state index is 9.63. The lowest BCUT2D eigenvalue weighted by Gasteiger charge is -2.25. The van der Waals surface area contributed by atoms with Crippen molar-refractivity contribution >= 4 is 5.69 Å². The normalized spacial score (nSPS) is 13.8. The lowest BCUT2D eigenvalue weighted by Crippen LogP contribution is -2.28. The topological polar surface area (TPSA) is 60.1 Å². The first kappa shape index (κ1) is 13.5. The largest absolute Gasteiger partial charge is 0.387 e. The molecular weight excluding hydrogens is 214 g/mol. The van der Waals surface area contributed by atoms with Crippen molar-refractivity contribution < 1.29 is 5.11 Å². The van der Waals surface area contributed by atoms with Crippen LogP contribution in [0.2, 0.25) is 0 Å². The molecule has 0 saturated heterocycles. The summed E-state index contributed by atoms with van der Waals surface area (Å²) in [5.74, 6) is 0. The van der Waals surface area contributed by atoms with Crippen LogP contribution < -0.4 is 4.90 Å². The Morgan fingerprint density at radius 3 is 2.71 bits per heavy atom. The number of anilines is 1. The average molecular weight is 233 g/mol. The van der Waals surface area contributed by atoms with Crippen LogP contribution in [-0.4, -0.2) is 23.2 Å². The molecule has 1 aromatic rings. The quantitative estimate of drug-likeness (QED) is 0.847. The Kier molecular flexibility index (Phi) is 4.92. The van der Waals surface area contributed by atoms with Crippen molar-refractivity contribution in [3.63, 3.8) is 0 Å². The molecule has 17 heavy (non-hydrogen) atoms. The molecule has 0 radical (unpaired) electrons. The van der Waals surface area contributed by atoms with E-state index in [0.29, 0.717) is 18.5 Å². The molecule has 0 fully saturated rings. The second kappa shape index (κ2) is 6.21. The van der Waals surface area contributed by atoms with Crippen LogP contribution in [0.5, 0.6) is 0 Å². The fraction of sp³-hybridized carbons (Fsp3) is 0.538. The fourth-order valence-corrected chi connectivity index (χ4v) is 1.54. The fourth-order valence-electron chi connectivity index (χ4n) is 1.54. The zero-order valence-electron chi connectivity index (χ0n) is 10.6. The first-order chi connectivity index (χ1) is 8.10. The van der Waals surface area contributed by atoms with Gasteiger partial charge in [-0.1, -0.05) is 6.92 Å². The SMILES string of the molecule is CCC(O)c1ccc(N(C)C(C)CC#N)cn1. The van der Waals surface area contributed by atoms with Crippen LogP contribution in [0.15, 0.2) is 18.3 Å².